The summed E-state index contributed by atoms with van der Waals surface area (Å²) in [4.78, 5) is 7.67. The second-order valence-corrected chi connectivity index (χ2v) is 18.2. The first kappa shape index (κ1) is 34.0. The molecule has 8 atom stereocenters. The number of rotatable bonds is 9. The van der Waals surface area contributed by atoms with E-state index in [1.807, 2.05) is 6.20 Å². The molecular formula is C48H62N2. The highest BCUT2D eigenvalue weighted by Gasteiger charge is 2.61. The maximum Gasteiger partial charge on any atom is 0.135 e. The lowest BCUT2D eigenvalue weighted by Gasteiger charge is -2.61. The minimum absolute atomic E-state index is 0.321. The number of aromatic nitrogens is 1. The Morgan fingerprint density at radius 2 is 1.60 bits per heavy atom. The van der Waals surface area contributed by atoms with Crippen molar-refractivity contribution >= 4 is 17.5 Å². The topological polar surface area (TPSA) is 16.1 Å². The van der Waals surface area contributed by atoms with Crippen molar-refractivity contribution in [1.82, 2.24) is 4.98 Å². The van der Waals surface area contributed by atoms with Crippen LogP contribution in [0.15, 0.2) is 90.3 Å². The number of benzene rings is 2. The fourth-order valence-electron chi connectivity index (χ4n) is 12.7. The molecule has 2 heterocycles. The first-order valence-corrected chi connectivity index (χ1v) is 20.5. The summed E-state index contributed by atoms with van der Waals surface area (Å²) in [7, 11) is 0. The summed E-state index contributed by atoms with van der Waals surface area (Å²) in [6.45, 7) is 14.0. The van der Waals surface area contributed by atoms with Crippen LogP contribution < -0.4 is 4.90 Å². The molecule has 1 aromatic heterocycles. The van der Waals surface area contributed by atoms with Crippen molar-refractivity contribution in [2.45, 2.75) is 112 Å². The van der Waals surface area contributed by atoms with E-state index in [1.165, 1.54) is 98.7 Å². The molecule has 50 heavy (non-hydrogen) atoms. The van der Waals surface area contributed by atoms with Gasteiger partial charge in [0.1, 0.15) is 5.82 Å². The van der Waals surface area contributed by atoms with Gasteiger partial charge in [0.2, 0.25) is 0 Å². The number of hydrogen-bond acceptors (Lipinski definition) is 2. The van der Waals surface area contributed by atoms with E-state index in [0.717, 1.165) is 54.4 Å². The fraction of sp³-hybridized carbons (Fsp3) is 0.562. The summed E-state index contributed by atoms with van der Waals surface area (Å²) < 4.78 is 0. The maximum atomic E-state index is 5.02. The Labute approximate surface area is 303 Å². The monoisotopic (exact) mass is 666 g/mol. The summed E-state index contributed by atoms with van der Waals surface area (Å²) in [6.07, 6.45) is 20.9. The van der Waals surface area contributed by atoms with Gasteiger partial charge in [-0.1, -0.05) is 121 Å². The number of hydrogen-bond donors (Lipinski definition) is 0. The van der Waals surface area contributed by atoms with Crippen molar-refractivity contribution < 1.29 is 0 Å². The first-order valence-electron chi connectivity index (χ1n) is 20.5. The predicted octanol–water partition coefficient (Wildman–Crippen LogP) is 12.7. The minimum atomic E-state index is 0.321. The molecule has 0 spiro atoms. The second kappa shape index (κ2) is 13.8. The Morgan fingerprint density at radius 3 is 2.38 bits per heavy atom. The number of anilines is 1. The highest BCUT2D eigenvalue weighted by molar-refractivity contribution is 5.92. The zero-order valence-corrected chi connectivity index (χ0v) is 31.7. The quantitative estimate of drug-likeness (QED) is 0.211. The van der Waals surface area contributed by atoms with Crippen LogP contribution >= 0.6 is 0 Å². The molecule has 0 saturated heterocycles. The third-order valence-corrected chi connectivity index (χ3v) is 15.2. The minimum Gasteiger partial charge on any atom is -0.329 e. The van der Waals surface area contributed by atoms with Crippen LogP contribution in [0, 0.1) is 52.3 Å². The Bertz CT molecular complexity index is 1700. The molecule has 0 radical (unpaired) electrons. The van der Waals surface area contributed by atoms with E-state index >= 15 is 0 Å². The molecular weight excluding hydrogens is 605 g/mol. The zero-order chi connectivity index (χ0) is 34.5. The van der Waals surface area contributed by atoms with Crippen molar-refractivity contribution in [3.05, 3.63) is 107 Å². The van der Waals surface area contributed by atoms with Gasteiger partial charge in [-0.15, -0.1) is 0 Å². The SMILES string of the molecule is CC(C)CCC[C@@H](C)[C@H]1CC[C@H]2[C@@H]3CC[C@H]4CC(N5CCc6cccnc65)=C(/C(=C/c5ccccc5)c5ccccc5)C[C@]4(C)[C@H]3CC[C@]12C. The number of allylic oxidation sites excluding steroid dienone is 3. The Balaban J connectivity index is 1.17. The lowest BCUT2D eigenvalue weighted by molar-refractivity contribution is -0.103. The summed E-state index contributed by atoms with van der Waals surface area (Å²) in [5.41, 5.74) is 9.48. The highest BCUT2D eigenvalue weighted by Crippen LogP contribution is 2.69. The molecule has 4 aliphatic carbocycles. The molecule has 8 rings (SSSR count). The van der Waals surface area contributed by atoms with Crippen LogP contribution in [0.2, 0.25) is 0 Å². The van der Waals surface area contributed by atoms with Crippen LogP contribution in [0.3, 0.4) is 0 Å². The molecule has 0 bridgehead atoms. The van der Waals surface area contributed by atoms with Gasteiger partial charge in [0, 0.05) is 18.4 Å². The number of fused-ring (bicyclic) bond motifs is 6. The van der Waals surface area contributed by atoms with E-state index in [4.69, 9.17) is 4.98 Å². The van der Waals surface area contributed by atoms with E-state index in [0.29, 0.717) is 10.8 Å². The van der Waals surface area contributed by atoms with E-state index in [1.54, 1.807) is 11.3 Å². The van der Waals surface area contributed by atoms with E-state index < -0.39 is 0 Å². The van der Waals surface area contributed by atoms with Gasteiger partial charge in [-0.25, -0.2) is 4.98 Å². The summed E-state index contributed by atoms with van der Waals surface area (Å²) in [6, 6.07) is 26.8. The van der Waals surface area contributed by atoms with Crippen molar-refractivity contribution in [2.75, 3.05) is 11.4 Å². The maximum absolute atomic E-state index is 5.02. The van der Waals surface area contributed by atoms with Crippen molar-refractivity contribution in [2.24, 2.45) is 52.3 Å². The number of pyridine rings is 1. The van der Waals surface area contributed by atoms with Crippen LogP contribution in [-0.2, 0) is 6.42 Å². The summed E-state index contributed by atoms with van der Waals surface area (Å²) in [5, 5.41) is 0. The Hall–Kier alpha value is -3.13. The van der Waals surface area contributed by atoms with Gasteiger partial charge in [0.15, 0.2) is 0 Å². The largest absolute Gasteiger partial charge is 0.329 e. The predicted molar refractivity (Wildman–Crippen MR) is 212 cm³/mol. The van der Waals surface area contributed by atoms with Crippen molar-refractivity contribution in [3.8, 4) is 0 Å². The average Bonchev–Trinajstić information content (AvgIpc) is 3.72. The second-order valence-electron chi connectivity index (χ2n) is 18.2. The third-order valence-electron chi connectivity index (χ3n) is 15.2. The third kappa shape index (κ3) is 6.01. The molecule has 2 heteroatoms. The smallest absolute Gasteiger partial charge is 0.135 e. The van der Waals surface area contributed by atoms with Gasteiger partial charge in [-0.05, 0) is 150 Å². The molecule has 264 valence electrons. The van der Waals surface area contributed by atoms with Gasteiger partial charge in [0.25, 0.3) is 0 Å². The fourth-order valence-corrected chi connectivity index (χ4v) is 12.7. The molecule has 3 saturated carbocycles. The molecule has 2 aromatic carbocycles. The van der Waals surface area contributed by atoms with Crippen molar-refractivity contribution in [3.63, 3.8) is 0 Å². The number of nitrogens with zero attached hydrogens (tertiary/aromatic N) is 2. The zero-order valence-electron chi connectivity index (χ0n) is 31.7. The van der Waals surface area contributed by atoms with Crippen LogP contribution in [0.1, 0.15) is 122 Å². The molecule has 3 fully saturated rings. The Morgan fingerprint density at radius 1 is 0.840 bits per heavy atom. The van der Waals surface area contributed by atoms with Crippen LogP contribution in [0.5, 0.6) is 0 Å². The first-order chi connectivity index (χ1) is 24.3. The molecule has 2 nitrogen and oxygen atoms in total. The van der Waals surface area contributed by atoms with Crippen LogP contribution in [-0.4, -0.2) is 11.5 Å². The summed E-state index contributed by atoms with van der Waals surface area (Å²) in [5.74, 6) is 7.18. The van der Waals surface area contributed by atoms with Gasteiger partial charge in [0.05, 0.1) is 0 Å². The lowest BCUT2D eigenvalue weighted by Crippen LogP contribution is -2.53. The molecule has 1 aliphatic heterocycles. The van der Waals surface area contributed by atoms with Crippen molar-refractivity contribution in [1.29, 1.82) is 0 Å². The van der Waals surface area contributed by atoms with Gasteiger partial charge in [-0.2, -0.15) is 0 Å². The van der Waals surface area contributed by atoms with Gasteiger partial charge in [-0.3, -0.25) is 0 Å². The average molecular weight is 667 g/mol. The van der Waals surface area contributed by atoms with Gasteiger partial charge < -0.3 is 4.90 Å². The molecule has 0 N–H and O–H groups in total. The molecule has 0 unspecified atom stereocenters. The lowest BCUT2D eigenvalue weighted by atomic mass is 9.44. The van der Waals surface area contributed by atoms with Crippen LogP contribution in [0.4, 0.5) is 5.82 Å². The van der Waals surface area contributed by atoms with Gasteiger partial charge >= 0.3 is 0 Å². The molecule has 0 amide bonds. The Kier molecular flexibility index (Phi) is 9.36. The highest BCUT2D eigenvalue weighted by atomic mass is 15.2. The van der Waals surface area contributed by atoms with E-state index in [-0.39, 0.29) is 0 Å². The summed E-state index contributed by atoms with van der Waals surface area (Å²) >= 11 is 0. The molecule has 3 aromatic rings. The normalized spacial score (nSPS) is 32.8. The van der Waals surface area contributed by atoms with Crippen LogP contribution in [0.25, 0.3) is 11.6 Å². The molecule has 5 aliphatic rings. The van der Waals surface area contributed by atoms with E-state index in [2.05, 4.69) is 118 Å². The van der Waals surface area contributed by atoms with E-state index in [9.17, 15) is 0 Å². The standard InChI is InChI=1S/C48H62N2/c1-33(2)14-12-15-34(3)42-23-24-43-39-22-21-38-31-45(50-29-26-37-20-13-28-49-46(37)50)41(32-48(38,5)44(39)25-27-47(42,43)4)40(36-18-10-7-11-19-36)30-35-16-8-6-9-17-35/h6-11,13,16-20,28,30,33-34,38-39,42-44H,12,14-15,21-27,29,31-32H2,1-5H3/b40-30+/t34-,38+,39+,42-,43+,44+,47-,48+/m1/s1.